The summed E-state index contributed by atoms with van der Waals surface area (Å²) in [5.74, 6) is 0.821. The maximum absolute atomic E-state index is 12.0. The number of amides is 2. The van der Waals surface area contributed by atoms with Crippen molar-refractivity contribution < 1.29 is 9.53 Å². The molecule has 0 unspecified atom stereocenters. The van der Waals surface area contributed by atoms with E-state index >= 15 is 0 Å². The van der Waals surface area contributed by atoms with E-state index in [9.17, 15) is 4.79 Å². The van der Waals surface area contributed by atoms with Crippen LogP contribution in [0.5, 0.6) is 5.75 Å². The quantitative estimate of drug-likeness (QED) is 0.551. The minimum atomic E-state index is -0.204. The van der Waals surface area contributed by atoms with E-state index in [1.54, 1.807) is 6.20 Å². The van der Waals surface area contributed by atoms with E-state index in [2.05, 4.69) is 33.2 Å². The van der Waals surface area contributed by atoms with Crippen LogP contribution in [0.15, 0.2) is 54.9 Å². The lowest BCUT2D eigenvalue weighted by molar-refractivity contribution is 0.252. The first-order valence-electron chi connectivity index (χ1n) is 9.44. The van der Waals surface area contributed by atoms with Gasteiger partial charge in [-0.2, -0.15) is 0 Å². The van der Waals surface area contributed by atoms with E-state index in [0.717, 1.165) is 54.9 Å². The van der Waals surface area contributed by atoms with E-state index in [4.69, 9.17) is 4.74 Å². The third-order valence-corrected chi connectivity index (χ3v) is 4.26. The highest BCUT2D eigenvalue weighted by Crippen LogP contribution is 2.16. The van der Waals surface area contributed by atoms with Crippen molar-refractivity contribution in [3.63, 3.8) is 0 Å². The zero-order valence-corrected chi connectivity index (χ0v) is 15.6. The average molecular weight is 366 g/mol. The van der Waals surface area contributed by atoms with Gasteiger partial charge in [-0.15, -0.1) is 0 Å². The molecule has 0 fully saturated rings. The van der Waals surface area contributed by atoms with Gasteiger partial charge in [-0.3, -0.25) is 0 Å². The molecule has 0 atom stereocenters. The molecule has 6 heteroatoms. The summed E-state index contributed by atoms with van der Waals surface area (Å²) in [6.45, 7) is 4.25. The van der Waals surface area contributed by atoms with Crippen molar-refractivity contribution in [3.8, 4) is 5.75 Å². The number of urea groups is 1. The van der Waals surface area contributed by atoms with Gasteiger partial charge in [0.05, 0.1) is 6.61 Å². The standard InChI is InChI=1S/C21H26N4O2/c1-2-3-16-27-19-9-7-18(8-10-19)24-21(26)23-13-5-14-25-15-11-17-6-4-12-22-20(17)25/h4,6-12,15H,2-3,5,13-14,16H2,1H3,(H2,23,24,26). The second-order valence-corrected chi connectivity index (χ2v) is 6.39. The summed E-state index contributed by atoms with van der Waals surface area (Å²) in [5.41, 5.74) is 1.72. The number of ether oxygens (including phenoxy) is 1. The summed E-state index contributed by atoms with van der Waals surface area (Å²) < 4.78 is 7.72. The Labute approximate surface area is 159 Å². The molecule has 0 aliphatic carbocycles. The smallest absolute Gasteiger partial charge is 0.319 e. The minimum absolute atomic E-state index is 0.204. The van der Waals surface area contributed by atoms with Gasteiger partial charge in [0.25, 0.3) is 0 Å². The molecule has 6 nitrogen and oxygen atoms in total. The highest BCUT2D eigenvalue weighted by molar-refractivity contribution is 5.89. The lowest BCUT2D eigenvalue weighted by Gasteiger charge is -2.10. The van der Waals surface area contributed by atoms with Crippen LogP contribution in [-0.4, -0.2) is 28.7 Å². The number of pyridine rings is 1. The van der Waals surface area contributed by atoms with Gasteiger partial charge >= 0.3 is 6.03 Å². The van der Waals surface area contributed by atoms with Crippen LogP contribution < -0.4 is 15.4 Å². The number of hydrogen-bond acceptors (Lipinski definition) is 3. The van der Waals surface area contributed by atoms with Crippen LogP contribution in [-0.2, 0) is 6.54 Å². The van der Waals surface area contributed by atoms with Crippen molar-refractivity contribution in [1.82, 2.24) is 14.9 Å². The van der Waals surface area contributed by atoms with Gasteiger partial charge in [0.2, 0.25) is 0 Å². The SMILES string of the molecule is CCCCOc1ccc(NC(=O)NCCCn2ccc3cccnc32)cc1. The molecule has 1 aromatic carbocycles. The monoisotopic (exact) mass is 366 g/mol. The lowest BCUT2D eigenvalue weighted by Crippen LogP contribution is -2.30. The van der Waals surface area contributed by atoms with E-state index in [0.29, 0.717) is 6.54 Å². The number of fused-ring (bicyclic) bond motifs is 1. The molecule has 0 saturated carbocycles. The number of anilines is 1. The average Bonchev–Trinajstić information content (AvgIpc) is 3.10. The van der Waals surface area contributed by atoms with Crippen molar-refractivity contribution in [2.45, 2.75) is 32.7 Å². The van der Waals surface area contributed by atoms with E-state index in [1.807, 2.05) is 42.6 Å². The molecule has 0 spiro atoms. The number of benzene rings is 1. The molecule has 0 aliphatic heterocycles. The Kier molecular flexibility index (Phi) is 6.68. The maximum Gasteiger partial charge on any atom is 0.319 e. The zero-order valence-electron chi connectivity index (χ0n) is 15.6. The van der Waals surface area contributed by atoms with Crippen molar-refractivity contribution in [2.75, 3.05) is 18.5 Å². The van der Waals surface area contributed by atoms with Gasteiger partial charge < -0.3 is 19.9 Å². The molecular weight excluding hydrogens is 340 g/mol. The minimum Gasteiger partial charge on any atom is -0.494 e. The highest BCUT2D eigenvalue weighted by Gasteiger charge is 2.03. The zero-order chi connectivity index (χ0) is 18.9. The lowest BCUT2D eigenvalue weighted by atomic mass is 10.3. The molecular formula is C21H26N4O2. The topological polar surface area (TPSA) is 68.2 Å². The highest BCUT2D eigenvalue weighted by atomic mass is 16.5. The number of rotatable bonds is 9. The second kappa shape index (κ2) is 9.62. The van der Waals surface area contributed by atoms with Gasteiger partial charge in [0.15, 0.2) is 0 Å². The number of aryl methyl sites for hydroxylation is 1. The number of carbonyl (C=O) groups excluding carboxylic acids is 1. The van der Waals surface area contributed by atoms with E-state index in [-0.39, 0.29) is 6.03 Å². The molecule has 142 valence electrons. The summed E-state index contributed by atoms with van der Waals surface area (Å²) in [6, 6.07) is 13.3. The number of carbonyl (C=O) groups is 1. The molecule has 2 aromatic heterocycles. The predicted octanol–water partition coefficient (Wildman–Crippen LogP) is 4.43. The molecule has 0 radical (unpaired) electrons. The van der Waals surface area contributed by atoms with E-state index < -0.39 is 0 Å². The largest absolute Gasteiger partial charge is 0.494 e. The first-order chi connectivity index (χ1) is 13.3. The Balaban J connectivity index is 1.38. The molecule has 2 amide bonds. The van der Waals surface area contributed by atoms with Gasteiger partial charge in [-0.05, 0) is 55.3 Å². The van der Waals surface area contributed by atoms with Gasteiger partial charge in [0.1, 0.15) is 11.4 Å². The Morgan fingerprint density at radius 2 is 2.00 bits per heavy atom. The molecule has 0 bridgehead atoms. The van der Waals surface area contributed by atoms with Crippen molar-refractivity contribution in [2.24, 2.45) is 0 Å². The van der Waals surface area contributed by atoms with E-state index in [1.165, 1.54) is 0 Å². The van der Waals surface area contributed by atoms with Crippen LogP contribution >= 0.6 is 0 Å². The summed E-state index contributed by atoms with van der Waals surface area (Å²) in [5, 5.41) is 6.85. The van der Waals surface area contributed by atoms with Crippen LogP contribution in [0.3, 0.4) is 0 Å². The van der Waals surface area contributed by atoms with Crippen molar-refractivity contribution in [3.05, 3.63) is 54.9 Å². The first-order valence-corrected chi connectivity index (χ1v) is 9.44. The fourth-order valence-corrected chi connectivity index (χ4v) is 2.80. The molecule has 3 rings (SSSR count). The fourth-order valence-electron chi connectivity index (χ4n) is 2.80. The fraction of sp³-hybridized carbons (Fsp3) is 0.333. The van der Waals surface area contributed by atoms with Crippen LogP contribution in [0.4, 0.5) is 10.5 Å². The Hall–Kier alpha value is -3.02. The van der Waals surface area contributed by atoms with Gasteiger partial charge in [0, 0.05) is 36.6 Å². The molecule has 3 aromatic rings. The Morgan fingerprint density at radius 3 is 2.81 bits per heavy atom. The third kappa shape index (κ3) is 5.48. The van der Waals surface area contributed by atoms with Gasteiger partial charge in [-0.25, -0.2) is 9.78 Å². The summed E-state index contributed by atoms with van der Waals surface area (Å²) >= 11 is 0. The van der Waals surface area contributed by atoms with Crippen LogP contribution in [0.1, 0.15) is 26.2 Å². The summed E-state index contributed by atoms with van der Waals surface area (Å²) in [6.07, 6.45) is 6.80. The van der Waals surface area contributed by atoms with Crippen LogP contribution in [0, 0.1) is 0 Å². The Bertz CT molecular complexity index is 858. The number of unbranched alkanes of at least 4 members (excludes halogenated alkanes) is 1. The molecule has 2 N–H and O–H groups in total. The second-order valence-electron chi connectivity index (χ2n) is 6.39. The van der Waals surface area contributed by atoms with Crippen molar-refractivity contribution >= 4 is 22.8 Å². The van der Waals surface area contributed by atoms with Gasteiger partial charge in [-0.1, -0.05) is 13.3 Å². The van der Waals surface area contributed by atoms with Crippen LogP contribution in [0.25, 0.3) is 11.0 Å². The first kappa shape index (κ1) is 18.8. The third-order valence-electron chi connectivity index (χ3n) is 4.26. The molecule has 27 heavy (non-hydrogen) atoms. The maximum atomic E-state index is 12.0. The summed E-state index contributed by atoms with van der Waals surface area (Å²) in [4.78, 5) is 16.4. The molecule has 0 aliphatic rings. The molecule has 2 heterocycles. The number of hydrogen-bond donors (Lipinski definition) is 2. The molecule has 0 saturated heterocycles. The number of aromatic nitrogens is 2. The predicted molar refractivity (Wildman–Crippen MR) is 108 cm³/mol. The summed E-state index contributed by atoms with van der Waals surface area (Å²) in [7, 11) is 0. The Morgan fingerprint density at radius 1 is 1.15 bits per heavy atom. The van der Waals surface area contributed by atoms with Crippen LogP contribution in [0.2, 0.25) is 0 Å². The normalized spacial score (nSPS) is 10.7. The van der Waals surface area contributed by atoms with Crippen molar-refractivity contribution in [1.29, 1.82) is 0 Å². The number of nitrogens with one attached hydrogen (secondary N) is 2. The number of nitrogens with zero attached hydrogens (tertiary/aromatic N) is 2.